The fourth-order valence-corrected chi connectivity index (χ4v) is 3.72. The minimum atomic E-state index is -0.173. The van der Waals surface area contributed by atoms with E-state index in [0.717, 1.165) is 17.7 Å². The summed E-state index contributed by atoms with van der Waals surface area (Å²) in [5.74, 6) is 1.05. The van der Waals surface area contributed by atoms with Gasteiger partial charge < -0.3 is 14.8 Å². The Morgan fingerprint density at radius 1 is 1.11 bits per heavy atom. The van der Waals surface area contributed by atoms with Crippen LogP contribution in [0.2, 0.25) is 0 Å². The fraction of sp³-hybridized carbons (Fsp3) is 0.273. The molecule has 3 rings (SSSR count). The quantitative estimate of drug-likeness (QED) is 0.674. The van der Waals surface area contributed by atoms with Crippen LogP contribution in [0.4, 0.5) is 5.69 Å². The Labute approximate surface area is 169 Å². The molecule has 28 heavy (non-hydrogen) atoms. The van der Waals surface area contributed by atoms with Crippen molar-refractivity contribution in [3.05, 3.63) is 58.5 Å². The second-order valence-electron chi connectivity index (χ2n) is 6.33. The highest BCUT2D eigenvalue weighted by Gasteiger charge is 2.24. The molecule has 0 spiro atoms. The molecule has 1 saturated heterocycles. The van der Waals surface area contributed by atoms with Crippen molar-refractivity contribution in [1.82, 2.24) is 5.32 Å². The van der Waals surface area contributed by atoms with Crippen LogP contribution < -0.4 is 14.8 Å². The first-order valence-electron chi connectivity index (χ1n) is 9.24. The van der Waals surface area contributed by atoms with Crippen molar-refractivity contribution in [1.29, 1.82) is 0 Å². The minimum absolute atomic E-state index is 0.173. The molecule has 6 heteroatoms. The lowest BCUT2D eigenvalue weighted by molar-refractivity contribution is -0.115. The maximum absolute atomic E-state index is 12.4. The van der Waals surface area contributed by atoms with Gasteiger partial charge in [0.25, 0.3) is 5.91 Å². The second-order valence-corrected chi connectivity index (χ2v) is 7.37. The van der Waals surface area contributed by atoms with Crippen molar-refractivity contribution >= 4 is 34.6 Å². The zero-order chi connectivity index (χ0) is 19.9. The number of carbonyl (C=O) groups is 1. The third kappa shape index (κ3) is 4.75. The molecule has 1 aliphatic heterocycles. The first kappa shape index (κ1) is 20.0. The molecule has 0 unspecified atom stereocenters. The molecule has 0 bridgehead atoms. The van der Waals surface area contributed by atoms with Crippen molar-refractivity contribution in [3.63, 3.8) is 0 Å². The van der Waals surface area contributed by atoms with E-state index >= 15 is 0 Å². The highest BCUT2D eigenvalue weighted by atomic mass is 32.2. The molecule has 2 aromatic rings. The summed E-state index contributed by atoms with van der Waals surface area (Å²) >= 11 is 1.31. The molecule has 0 aliphatic carbocycles. The summed E-state index contributed by atoms with van der Waals surface area (Å²) in [6.45, 7) is 2.19. The monoisotopic (exact) mass is 396 g/mol. The van der Waals surface area contributed by atoms with Crippen LogP contribution in [0.1, 0.15) is 30.9 Å². The van der Waals surface area contributed by atoms with Gasteiger partial charge in [0.15, 0.2) is 16.7 Å². The summed E-state index contributed by atoms with van der Waals surface area (Å²) in [5.41, 5.74) is 2.91. The number of thioether (sulfide) groups is 1. The third-order valence-electron chi connectivity index (χ3n) is 4.36. The minimum Gasteiger partial charge on any atom is -0.493 e. The van der Waals surface area contributed by atoms with Gasteiger partial charge in [-0.25, -0.2) is 4.99 Å². The van der Waals surface area contributed by atoms with Crippen LogP contribution >= 0.6 is 11.8 Å². The van der Waals surface area contributed by atoms with Gasteiger partial charge in [-0.05, 0) is 54.4 Å². The number of hydrogen-bond donors (Lipinski definition) is 1. The Morgan fingerprint density at radius 2 is 1.89 bits per heavy atom. The number of methoxy groups -OCH3 is 2. The third-order valence-corrected chi connectivity index (χ3v) is 5.27. The summed E-state index contributed by atoms with van der Waals surface area (Å²) in [7, 11) is 3.17. The number of para-hydroxylation sites is 1. The van der Waals surface area contributed by atoms with Gasteiger partial charge >= 0.3 is 0 Å². The van der Waals surface area contributed by atoms with Gasteiger partial charge in [-0.3, -0.25) is 4.79 Å². The molecule has 1 fully saturated rings. The zero-order valence-corrected chi connectivity index (χ0v) is 17.1. The van der Waals surface area contributed by atoms with Gasteiger partial charge in [0, 0.05) is 5.56 Å². The molecule has 5 nitrogen and oxygen atoms in total. The van der Waals surface area contributed by atoms with Gasteiger partial charge in [0.1, 0.15) is 0 Å². The Kier molecular flexibility index (Phi) is 6.76. The maximum atomic E-state index is 12.4. The summed E-state index contributed by atoms with van der Waals surface area (Å²) in [6, 6.07) is 13.7. The van der Waals surface area contributed by atoms with Crippen molar-refractivity contribution in [2.75, 3.05) is 14.2 Å². The van der Waals surface area contributed by atoms with E-state index in [2.05, 4.69) is 29.4 Å². The number of unbranched alkanes of at least 4 members (excludes halogenated alkanes) is 1. The van der Waals surface area contributed by atoms with Crippen LogP contribution in [0.5, 0.6) is 11.5 Å². The highest BCUT2D eigenvalue weighted by molar-refractivity contribution is 8.18. The lowest BCUT2D eigenvalue weighted by atomic mass is 10.1. The number of nitrogens with one attached hydrogen (secondary N) is 1. The summed E-state index contributed by atoms with van der Waals surface area (Å²) in [4.78, 5) is 17.5. The van der Waals surface area contributed by atoms with Gasteiger partial charge in [0.05, 0.1) is 24.8 Å². The van der Waals surface area contributed by atoms with E-state index in [-0.39, 0.29) is 5.91 Å². The number of nitrogens with zero attached hydrogens (tertiary/aromatic N) is 1. The number of amides is 1. The number of hydrogen-bond acceptors (Lipinski definition) is 5. The number of carbonyl (C=O) groups excluding carboxylic acids is 1. The molecule has 1 heterocycles. The summed E-state index contributed by atoms with van der Waals surface area (Å²) in [6.07, 6.45) is 5.23. The maximum Gasteiger partial charge on any atom is 0.264 e. The average molecular weight is 397 g/mol. The molecule has 1 amide bonds. The molecule has 0 aromatic heterocycles. The van der Waals surface area contributed by atoms with Crippen LogP contribution in [0.15, 0.2) is 52.4 Å². The fourth-order valence-electron chi connectivity index (χ4n) is 2.88. The van der Waals surface area contributed by atoms with E-state index in [1.54, 1.807) is 20.3 Å². The zero-order valence-electron chi connectivity index (χ0n) is 16.3. The van der Waals surface area contributed by atoms with E-state index in [1.165, 1.54) is 30.2 Å². The van der Waals surface area contributed by atoms with E-state index in [0.29, 0.717) is 21.6 Å². The summed E-state index contributed by atoms with van der Waals surface area (Å²) in [5, 5.41) is 3.39. The van der Waals surface area contributed by atoms with Gasteiger partial charge in [-0.2, -0.15) is 0 Å². The number of aryl methyl sites for hydroxylation is 1. The Balaban J connectivity index is 1.78. The van der Waals surface area contributed by atoms with Crippen LogP contribution in [0, 0.1) is 0 Å². The molecule has 1 N–H and O–H groups in total. The van der Waals surface area contributed by atoms with Crippen molar-refractivity contribution < 1.29 is 14.3 Å². The summed E-state index contributed by atoms with van der Waals surface area (Å²) < 4.78 is 10.8. The normalized spacial score (nSPS) is 16.5. The average Bonchev–Trinajstić information content (AvgIpc) is 3.05. The Hall–Kier alpha value is -2.73. The Bertz CT molecular complexity index is 904. The second kappa shape index (κ2) is 9.46. The largest absolute Gasteiger partial charge is 0.493 e. The van der Waals surface area contributed by atoms with Crippen LogP contribution in [-0.2, 0) is 11.2 Å². The number of ether oxygens (including phenoxy) is 2. The molecule has 0 atom stereocenters. The van der Waals surface area contributed by atoms with Crippen LogP contribution in [0.25, 0.3) is 6.08 Å². The molecule has 0 radical (unpaired) electrons. The van der Waals surface area contributed by atoms with Gasteiger partial charge in [-0.15, -0.1) is 0 Å². The standard InChI is InChI=1S/C22H24N2O3S/c1-4-5-7-15-10-12-17(13-11-15)23-22-24-21(25)19(28-22)14-16-8-6-9-18(26-2)20(16)27-3/h6,8-14H,4-5,7H2,1-3H3,(H,23,24,25)/b19-14-. The SMILES string of the molecule is CCCCc1ccc(N=C2NC(=O)/C(=C/c3cccc(OC)c3OC)S2)cc1. The predicted octanol–water partition coefficient (Wildman–Crippen LogP) is 4.94. The van der Waals surface area contributed by atoms with Crippen molar-refractivity contribution in [3.8, 4) is 11.5 Å². The highest BCUT2D eigenvalue weighted by Crippen LogP contribution is 2.35. The van der Waals surface area contributed by atoms with Crippen LogP contribution in [0.3, 0.4) is 0 Å². The smallest absolute Gasteiger partial charge is 0.264 e. The molecular formula is C22H24N2O3S. The van der Waals surface area contributed by atoms with Crippen molar-refractivity contribution in [2.45, 2.75) is 26.2 Å². The lowest BCUT2D eigenvalue weighted by Gasteiger charge is -2.10. The van der Waals surface area contributed by atoms with Gasteiger partial charge in [-0.1, -0.05) is 37.6 Å². The first-order valence-corrected chi connectivity index (χ1v) is 10.1. The number of rotatable bonds is 7. The van der Waals surface area contributed by atoms with Gasteiger partial charge in [0.2, 0.25) is 0 Å². The van der Waals surface area contributed by atoms with Crippen molar-refractivity contribution in [2.24, 2.45) is 4.99 Å². The lowest BCUT2D eigenvalue weighted by Crippen LogP contribution is -2.19. The first-order chi connectivity index (χ1) is 13.6. The van der Waals surface area contributed by atoms with E-state index < -0.39 is 0 Å². The molecule has 1 aliphatic rings. The molecule has 2 aromatic carbocycles. The molecule has 0 saturated carbocycles. The predicted molar refractivity (Wildman–Crippen MR) is 115 cm³/mol. The molecule has 146 valence electrons. The van der Waals surface area contributed by atoms with E-state index in [4.69, 9.17) is 9.47 Å². The number of benzene rings is 2. The molecular weight excluding hydrogens is 372 g/mol. The number of aliphatic imine (C=N–C) groups is 1. The van der Waals surface area contributed by atoms with Crippen LogP contribution in [-0.4, -0.2) is 25.3 Å². The number of amidine groups is 1. The van der Waals surface area contributed by atoms with E-state index in [1.807, 2.05) is 30.3 Å². The Morgan fingerprint density at radius 3 is 2.57 bits per heavy atom. The van der Waals surface area contributed by atoms with E-state index in [9.17, 15) is 4.79 Å². The topological polar surface area (TPSA) is 59.9 Å².